The molecule has 4 aliphatic carbocycles. The predicted molar refractivity (Wildman–Crippen MR) is 77.9 cm³/mol. The molecule has 0 amide bonds. The number of pyridine rings is 1. The lowest BCUT2D eigenvalue weighted by Gasteiger charge is -2.54. The van der Waals surface area contributed by atoms with Crippen molar-refractivity contribution in [2.75, 3.05) is 11.9 Å². The van der Waals surface area contributed by atoms with E-state index in [9.17, 15) is 0 Å². The highest BCUT2D eigenvalue weighted by molar-refractivity contribution is 5.39. The summed E-state index contributed by atoms with van der Waals surface area (Å²) >= 11 is 0. The number of anilines is 1. The Morgan fingerprint density at radius 1 is 1.05 bits per heavy atom. The second-order valence-electron chi connectivity index (χ2n) is 7.05. The molecule has 4 aliphatic rings. The summed E-state index contributed by atoms with van der Waals surface area (Å²) in [6.07, 6.45) is 12.9. The van der Waals surface area contributed by atoms with E-state index in [1.54, 1.807) is 32.1 Å². The Bertz CT molecular complexity index is 400. The minimum Gasteiger partial charge on any atom is -0.384 e. The lowest BCUT2D eigenvalue weighted by atomic mass is 9.51. The van der Waals surface area contributed by atoms with E-state index in [4.69, 9.17) is 0 Å². The van der Waals surface area contributed by atoms with Crippen molar-refractivity contribution in [2.24, 2.45) is 29.6 Å². The first kappa shape index (κ1) is 11.7. The van der Waals surface area contributed by atoms with Gasteiger partial charge in [0, 0.05) is 18.9 Å². The maximum Gasteiger partial charge on any atom is 0.0526 e. The van der Waals surface area contributed by atoms with E-state index in [1.807, 2.05) is 18.5 Å². The molecule has 19 heavy (non-hydrogen) atoms. The predicted octanol–water partition coefficient (Wildman–Crippen LogP) is 3.96. The summed E-state index contributed by atoms with van der Waals surface area (Å²) in [6.45, 7) is 1.12. The van der Waals surface area contributed by atoms with Crippen molar-refractivity contribution < 1.29 is 0 Å². The summed E-state index contributed by atoms with van der Waals surface area (Å²) in [5.74, 6) is 5.34. The van der Waals surface area contributed by atoms with Crippen LogP contribution in [0.1, 0.15) is 38.5 Å². The van der Waals surface area contributed by atoms with Gasteiger partial charge in [0.15, 0.2) is 0 Å². The third-order valence-corrected chi connectivity index (χ3v) is 5.89. The molecule has 0 radical (unpaired) electrons. The topological polar surface area (TPSA) is 24.9 Å². The Kier molecular flexibility index (Phi) is 2.97. The fourth-order valence-corrected chi connectivity index (χ4v) is 5.36. The molecule has 1 aromatic heterocycles. The number of hydrogen-bond donors (Lipinski definition) is 1. The van der Waals surface area contributed by atoms with Gasteiger partial charge in [-0.25, -0.2) is 0 Å². The van der Waals surface area contributed by atoms with Gasteiger partial charge in [0.05, 0.1) is 5.69 Å². The summed E-state index contributed by atoms with van der Waals surface area (Å²) in [4.78, 5) is 4.16. The van der Waals surface area contributed by atoms with Gasteiger partial charge < -0.3 is 5.32 Å². The molecule has 0 atom stereocenters. The number of rotatable bonds is 4. The smallest absolute Gasteiger partial charge is 0.0526 e. The fourth-order valence-electron chi connectivity index (χ4n) is 5.36. The molecule has 0 saturated heterocycles. The lowest BCUT2D eigenvalue weighted by molar-refractivity contribution is -0.0381. The van der Waals surface area contributed by atoms with Gasteiger partial charge in [-0.2, -0.15) is 0 Å². The molecule has 5 rings (SSSR count). The van der Waals surface area contributed by atoms with E-state index in [-0.39, 0.29) is 0 Å². The maximum absolute atomic E-state index is 4.16. The fraction of sp³-hybridized carbons (Fsp3) is 0.706. The van der Waals surface area contributed by atoms with Gasteiger partial charge >= 0.3 is 0 Å². The van der Waals surface area contributed by atoms with Crippen LogP contribution >= 0.6 is 0 Å². The number of hydrogen-bond acceptors (Lipinski definition) is 2. The van der Waals surface area contributed by atoms with Gasteiger partial charge in [-0.1, -0.05) is 0 Å². The molecular formula is C17H24N2. The lowest BCUT2D eigenvalue weighted by Crippen LogP contribution is -2.45. The Balaban J connectivity index is 1.34. The van der Waals surface area contributed by atoms with Crippen molar-refractivity contribution in [1.82, 2.24) is 4.98 Å². The van der Waals surface area contributed by atoms with Crippen LogP contribution in [-0.4, -0.2) is 11.5 Å². The van der Waals surface area contributed by atoms with Crippen LogP contribution in [0.4, 0.5) is 5.69 Å². The molecule has 102 valence electrons. The standard InChI is InChI=1S/C17H24N2/c1-2-16(11-18-4-1)19-5-3-17-14-7-12-6-13(9-14)10-15(17)8-12/h1-2,4,11-15,17,19H,3,5-10H2. The molecule has 1 aromatic rings. The average molecular weight is 256 g/mol. The first-order chi connectivity index (χ1) is 9.38. The van der Waals surface area contributed by atoms with E-state index >= 15 is 0 Å². The Morgan fingerprint density at radius 2 is 1.79 bits per heavy atom. The summed E-state index contributed by atoms with van der Waals surface area (Å²) in [5, 5.41) is 3.54. The van der Waals surface area contributed by atoms with Crippen molar-refractivity contribution in [1.29, 1.82) is 0 Å². The zero-order valence-electron chi connectivity index (χ0n) is 11.6. The molecule has 2 heteroatoms. The quantitative estimate of drug-likeness (QED) is 0.882. The zero-order chi connectivity index (χ0) is 12.7. The summed E-state index contributed by atoms with van der Waals surface area (Å²) < 4.78 is 0. The van der Waals surface area contributed by atoms with Crippen molar-refractivity contribution in [3.05, 3.63) is 24.5 Å². The highest BCUT2D eigenvalue weighted by atomic mass is 14.9. The minimum absolute atomic E-state index is 1.01. The van der Waals surface area contributed by atoms with Crippen molar-refractivity contribution >= 4 is 5.69 Å². The second-order valence-corrected chi connectivity index (χ2v) is 7.05. The van der Waals surface area contributed by atoms with Crippen molar-refractivity contribution in [3.8, 4) is 0 Å². The third kappa shape index (κ3) is 2.26. The molecule has 0 aromatic carbocycles. The molecule has 4 saturated carbocycles. The number of aromatic nitrogens is 1. The van der Waals surface area contributed by atoms with Crippen LogP contribution in [0.25, 0.3) is 0 Å². The van der Waals surface area contributed by atoms with Crippen LogP contribution in [0.3, 0.4) is 0 Å². The third-order valence-electron chi connectivity index (χ3n) is 5.89. The second kappa shape index (κ2) is 4.81. The molecular weight excluding hydrogens is 232 g/mol. The van der Waals surface area contributed by atoms with Gasteiger partial charge in [0.25, 0.3) is 0 Å². The summed E-state index contributed by atoms with van der Waals surface area (Å²) in [5.41, 5.74) is 1.17. The van der Waals surface area contributed by atoms with E-state index in [0.717, 1.165) is 36.1 Å². The van der Waals surface area contributed by atoms with E-state index in [2.05, 4.69) is 16.4 Å². The molecule has 1 N–H and O–H groups in total. The Morgan fingerprint density at radius 3 is 2.42 bits per heavy atom. The van der Waals surface area contributed by atoms with Crippen molar-refractivity contribution in [2.45, 2.75) is 38.5 Å². The summed E-state index contributed by atoms with van der Waals surface area (Å²) in [7, 11) is 0. The molecule has 4 bridgehead atoms. The van der Waals surface area contributed by atoms with Gasteiger partial charge in [0.1, 0.15) is 0 Å². The van der Waals surface area contributed by atoms with Crippen LogP contribution in [-0.2, 0) is 0 Å². The molecule has 0 aliphatic heterocycles. The van der Waals surface area contributed by atoms with Crippen LogP contribution in [0.5, 0.6) is 0 Å². The van der Waals surface area contributed by atoms with Gasteiger partial charge in [-0.05, 0) is 80.2 Å². The van der Waals surface area contributed by atoms with Crippen LogP contribution in [0.15, 0.2) is 24.5 Å². The first-order valence-corrected chi connectivity index (χ1v) is 8.02. The van der Waals surface area contributed by atoms with E-state index in [1.165, 1.54) is 12.1 Å². The molecule has 1 heterocycles. The van der Waals surface area contributed by atoms with Gasteiger partial charge in [0.2, 0.25) is 0 Å². The monoisotopic (exact) mass is 256 g/mol. The molecule has 2 nitrogen and oxygen atoms in total. The first-order valence-electron chi connectivity index (χ1n) is 8.02. The highest BCUT2D eigenvalue weighted by Crippen LogP contribution is 2.57. The van der Waals surface area contributed by atoms with Crippen LogP contribution in [0, 0.1) is 29.6 Å². The SMILES string of the molecule is c1cncc(NCCC2C3CC4CC(C3)CC2C4)c1. The number of nitrogens with one attached hydrogen (secondary N) is 1. The van der Waals surface area contributed by atoms with Gasteiger partial charge in [-0.15, -0.1) is 0 Å². The normalized spacial score (nSPS) is 39.5. The van der Waals surface area contributed by atoms with Crippen LogP contribution < -0.4 is 5.32 Å². The number of nitrogens with zero attached hydrogens (tertiary/aromatic N) is 1. The van der Waals surface area contributed by atoms with E-state index < -0.39 is 0 Å². The molecule has 0 spiro atoms. The Labute approximate surface area is 116 Å². The Hall–Kier alpha value is -1.05. The minimum atomic E-state index is 1.01. The highest BCUT2D eigenvalue weighted by Gasteiger charge is 2.47. The molecule has 4 fully saturated rings. The maximum atomic E-state index is 4.16. The van der Waals surface area contributed by atoms with Gasteiger partial charge in [-0.3, -0.25) is 4.98 Å². The zero-order valence-corrected chi connectivity index (χ0v) is 11.6. The van der Waals surface area contributed by atoms with Crippen LogP contribution in [0.2, 0.25) is 0 Å². The van der Waals surface area contributed by atoms with E-state index in [0.29, 0.717) is 0 Å². The van der Waals surface area contributed by atoms with Crippen molar-refractivity contribution in [3.63, 3.8) is 0 Å². The largest absolute Gasteiger partial charge is 0.384 e. The molecule has 0 unspecified atom stereocenters. The summed E-state index contributed by atoms with van der Waals surface area (Å²) in [6, 6.07) is 4.12. The average Bonchev–Trinajstić information content (AvgIpc) is 2.42.